The van der Waals surface area contributed by atoms with Crippen molar-refractivity contribution in [3.8, 4) is 0 Å². The molecule has 0 saturated carbocycles. The van der Waals surface area contributed by atoms with Crippen molar-refractivity contribution in [1.29, 1.82) is 0 Å². The average molecular weight is 330 g/mol. The zero-order valence-corrected chi connectivity index (χ0v) is 13.5. The Labute approximate surface area is 122 Å². The van der Waals surface area contributed by atoms with Crippen LogP contribution in [0, 0.1) is 13.8 Å². The lowest BCUT2D eigenvalue weighted by Gasteiger charge is -2.21. The Morgan fingerprint density at radius 3 is 2.47 bits per heavy atom. The zero-order valence-electron chi connectivity index (χ0n) is 11.9. The number of aryl methyl sites for hydroxylation is 1. The van der Waals surface area contributed by atoms with Gasteiger partial charge in [-0.25, -0.2) is 0 Å². The second kappa shape index (κ2) is 6.86. The Morgan fingerprint density at radius 1 is 1.37 bits per heavy atom. The number of likely N-dealkylation sites (N-methyl/N-ethyl adjacent to an activating group) is 2. The van der Waals surface area contributed by atoms with Crippen molar-refractivity contribution in [1.82, 2.24) is 15.0 Å². The molecule has 0 aromatic carbocycles. The summed E-state index contributed by atoms with van der Waals surface area (Å²) < 4.78 is 5.99. The SMILES string of the molecule is C=C(Br)CN(C)CCN(C)C(=O)c1onc(C)c1C. The number of carbonyl (C=O) groups is 1. The first-order valence-corrected chi connectivity index (χ1v) is 6.82. The number of hydrogen-bond donors (Lipinski definition) is 0. The quantitative estimate of drug-likeness (QED) is 0.802. The van der Waals surface area contributed by atoms with Crippen LogP contribution in [-0.4, -0.2) is 54.6 Å². The average Bonchev–Trinajstić information content (AvgIpc) is 2.65. The fraction of sp³-hybridized carbons (Fsp3) is 0.538. The van der Waals surface area contributed by atoms with Crippen molar-refractivity contribution < 1.29 is 9.32 Å². The number of amides is 1. The van der Waals surface area contributed by atoms with Crippen LogP contribution in [0.25, 0.3) is 0 Å². The summed E-state index contributed by atoms with van der Waals surface area (Å²) in [4.78, 5) is 15.9. The third-order valence-electron chi connectivity index (χ3n) is 2.96. The maximum atomic E-state index is 12.2. The first kappa shape index (κ1) is 15.9. The largest absolute Gasteiger partial charge is 0.350 e. The lowest BCUT2D eigenvalue weighted by molar-refractivity contribution is 0.0742. The third kappa shape index (κ3) is 4.47. The van der Waals surface area contributed by atoms with E-state index in [9.17, 15) is 4.79 Å². The molecule has 0 radical (unpaired) electrons. The molecule has 0 bridgehead atoms. The Kier molecular flexibility index (Phi) is 5.75. The maximum absolute atomic E-state index is 12.2. The van der Waals surface area contributed by atoms with E-state index in [4.69, 9.17) is 4.52 Å². The lowest BCUT2D eigenvalue weighted by atomic mass is 10.2. The highest BCUT2D eigenvalue weighted by Gasteiger charge is 2.20. The molecule has 5 nitrogen and oxygen atoms in total. The minimum Gasteiger partial charge on any atom is -0.350 e. The van der Waals surface area contributed by atoms with Crippen molar-refractivity contribution in [2.75, 3.05) is 33.7 Å². The van der Waals surface area contributed by atoms with Crippen LogP contribution >= 0.6 is 15.9 Å². The zero-order chi connectivity index (χ0) is 14.6. The molecular formula is C13H20BrN3O2. The van der Waals surface area contributed by atoms with E-state index in [1.54, 1.807) is 11.9 Å². The molecule has 0 aliphatic heterocycles. The van der Waals surface area contributed by atoms with Crippen molar-refractivity contribution in [2.24, 2.45) is 0 Å². The third-order valence-corrected chi connectivity index (χ3v) is 3.21. The molecule has 0 N–H and O–H groups in total. The van der Waals surface area contributed by atoms with Crippen LogP contribution in [0.3, 0.4) is 0 Å². The first-order valence-electron chi connectivity index (χ1n) is 6.03. The normalized spacial score (nSPS) is 10.8. The Hall–Kier alpha value is -1.14. The molecule has 0 atom stereocenters. The van der Waals surface area contributed by atoms with Gasteiger partial charge in [-0.1, -0.05) is 27.7 Å². The molecule has 1 rings (SSSR count). The molecule has 1 heterocycles. The molecule has 0 fully saturated rings. The van der Waals surface area contributed by atoms with E-state index in [1.165, 1.54) is 0 Å². The second-order valence-corrected chi connectivity index (χ2v) is 5.83. The minimum absolute atomic E-state index is 0.135. The molecule has 19 heavy (non-hydrogen) atoms. The van der Waals surface area contributed by atoms with Gasteiger partial charge in [0.25, 0.3) is 5.91 Å². The van der Waals surface area contributed by atoms with Crippen molar-refractivity contribution in [2.45, 2.75) is 13.8 Å². The van der Waals surface area contributed by atoms with Gasteiger partial charge in [-0.3, -0.25) is 9.69 Å². The number of carbonyl (C=O) groups excluding carboxylic acids is 1. The summed E-state index contributed by atoms with van der Waals surface area (Å²) >= 11 is 3.32. The van der Waals surface area contributed by atoms with E-state index in [0.717, 1.165) is 28.8 Å². The van der Waals surface area contributed by atoms with Crippen LogP contribution in [-0.2, 0) is 0 Å². The molecule has 0 saturated heterocycles. The summed E-state index contributed by atoms with van der Waals surface area (Å²) in [5.41, 5.74) is 1.56. The summed E-state index contributed by atoms with van der Waals surface area (Å²) in [5.74, 6) is 0.191. The van der Waals surface area contributed by atoms with Gasteiger partial charge in [0.2, 0.25) is 5.76 Å². The van der Waals surface area contributed by atoms with Crippen molar-refractivity contribution in [3.05, 3.63) is 28.1 Å². The first-order chi connectivity index (χ1) is 8.82. The highest BCUT2D eigenvalue weighted by molar-refractivity contribution is 9.11. The predicted molar refractivity (Wildman–Crippen MR) is 78.5 cm³/mol. The van der Waals surface area contributed by atoms with Gasteiger partial charge in [0, 0.05) is 36.7 Å². The van der Waals surface area contributed by atoms with Gasteiger partial charge in [-0.2, -0.15) is 0 Å². The number of halogens is 1. The molecule has 1 amide bonds. The van der Waals surface area contributed by atoms with Gasteiger partial charge in [0.05, 0.1) is 5.69 Å². The van der Waals surface area contributed by atoms with E-state index in [2.05, 4.69) is 32.6 Å². The van der Waals surface area contributed by atoms with Gasteiger partial charge >= 0.3 is 0 Å². The van der Waals surface area contributed by atoms with Gasteiger partial charge in [0.1, 0.15) is 0 Å². The summed E-state index contributed by atoms with van der Waals surface area (Å²) in [6.45, 7) is 9.59. The molecular weight excluding hydrogens is 310 g/mol. The van der Waals surface area contributed by atoms with Crippen LogP contribution in [0.1, 0.15) is 21.8 Å². The highest BCUT2D eigenvalue weighted by atomic mass is 79.9. The fourth-order valence-corrected chi connectivity index (χ4v) is 2.01. The molecule has 0 unspecified atom stereocenters. The van der Waals surface area contributed by atoms with Crippen LogP contribution in [0.15, 0.2) is 15.6 Å². The summed E-state index contributed by atoms with van der Waals surface area (Å²) in [6.07, 6.45) is 0. The monoisotopic (exact) mass is 329 g/mol. The Bertz CT molecular complexity index is 470. The van der Waals surface area contributed by atoms with Crippen LogP contribution in [0.4, 0.5) is 0 Å². The molecule has 0 aliphatic rings. The highest BCUT2D eigenvalue weighted by Crippen LogP contribution is 2.13. The molecule has 1 aromatic rings. The summed E-state index contributed by atoms with van der Waals surface area (Å²) in [5, 5.41) is 3.80. The van der Waals surface area contributed by atoms with E-state index in [0.29, 0.717) is 12.3 Å². The molecule has 0 aliphatic carbocycles. The standard InChI is InChI=1S/C13H20BrN3O2/c1-9(14)8-16(4)6-7-17(5)13(18)12-10(2)11(3)15-19-12/h1,6-8H2,2-5H3. The smallest absolute Gasteiger partial charge is 0.292 e. The van der Waals surface area contributed by atoms with Gasteiger partial charge in [0.15, 0.2) is 0 Å². The molecule has 0 spiro atoms. The minimum atomic E-state index is -0.135. The van der Waals surface area contributed by atoms with E-state index >= 15 is 0 Å². The summed E-state index contributed by atoms with van der Waals surface area (Å²) in [6, 6.07) is 0. The Morgan fingerprint density at radius 2 is 2.00 bits per heavy atom. The topological polar surface area (TPSA) is 49.6 Å². The number of rotatable bonds is 6. The lowest BCUT2D eigenvalue weighted by Crippen LogP contribution is -2.35. The van der Waals surface area contributed by atoms with Crippen LogP contribution in [0.2, 0.25) is 0 Å². The predicted octanol–water partition coefficient (Wildman–Crippen LogP) is 2.20. The Balaban J connectivity index is 2.54. The van der Waals surface area contributed by atoms with Gasteiger partial charge in [-0.15, -0.1) is 0 Å². The van der Waals surface area contributed by atoms with E-state index in [1.807, 2.05) is 20.9 Å². The maximum Gasteiger partial charge on any atom is 0.292 e. The molecule has 1 aromatic heterocycles. The van der Waals surface area contributed by atoms with E-state index in [-0.39, 0.29) is 5.91 Å². The van der Waals surface area contributed by atoms with Crippen LogP contribution < -0.4 is 0 Å². The summed E-state index contributed by atoms with van der Waals surface area (Å²) in [7, 11) is 3.74. The second-order valence-electron chi connectivity index (χ2n) is 4.70. The van der Waals surface area contributed by atoms with Crippen molar-refractivity contribution in [3.63, 3.8) is 0 Å². The van der Waals surface area contributed by atoms with Crippen molar-refractivity contribution >= 4 is 21.8 Å². The number of aromatic nitrogens is 1. The number of hydrogen-bond acceptors (Lipinski definition) is 4. The van der Waals surface area contributed by atoms with Gasteiger partial charge in [-0.05, 0) is 20.9 Å². The number of nitrogens with zero attached hydrogens (tertiary/aromatic N) is 3. The fourth-order valence-electron chi connectivity index (χ4n) is 1.58. The van der Waals surface area contributed by atoms with Gasteiger partial charge < -0.3 is 9.42 Å². The molecule has 106 valence electrons. The molecule has 6 heteroatoms. The van der Waals surface area contributed by atoms with E-state index < -0.39 is 0 Å². The van der Waals surface area contributed by atoms with Crippen LogP contribution in [0.5, 0.6) is 0 Å².